The second-order valence-electron chi connectivity index (χ2n) is 7.25. The Hall–Kier alpha value is -0.180. The Bertz CT molecular complexity index is 1370. The molecule has 198 valence electrons. The molecule has 0 aliphatic carbocycles. The molecule has 37 heavy (non-hydrogen) atoms. The lowest BCUT2D eigenvalue weighted by Crippen LogP contribution is -2.25. The fourth-order valence-electron chi connectivity index (χ4n) is 2.84. The third-order valence-electron chi connectivity index (χ3n) is 4.59. The van der Waals surface area contributed by atoms with Gasteiger partial charge in [0.1, 0.15) is 0 Å². The van der Waals surface area contributed by atoms with Gasteiger partial charge >= 0.3 is 0 Å². The minimum absolute atomic E-state index is 0.0712. The van der Waals surface area contributed by atoms with E-state index in [-0.39, 0.29) is 11.6 Å². The first kappa shape index (κ1) is 29.8. The summed E-state index contributed by atoms with van der Waals surface area (Å²) in [6, 6.07) is 5.18. The number of hydrogen-bond donors (Lipinski definition) is 0. The molecule has 0 unspecified atom stereocenters. The summed E-state index contributed by atoms with van der Waals surface area (Å²) in [5, 5.41) is 2.53. The van der Waals surface area contributed by atoms with Crippen molar-refractivity contribution in [1.29, 1.82) is 0 Å². The van der Waals surface area contributed by atoms with E-state index in [2.05, 4.69) is 28.1 Å². The van der Waals surface area contributed by atoms with E-state index in [1.54, 1.807) is 18.2 Å². The van der Waals surface area contributed by atoms with Gasteiger partial charge in [0, 0.05) is 60.3 Å². The van der Waals surface area contributed by atoms with Crippen LogP contribution in [0.15, 0.2) is 18.2 Å². The molecule has 0 amide bonds. The molecule has 0 aliphatic rings. The Morgan fingerprint density at radius 1 is 0.730 bits per heavy atom. The summed E-state index contributed by atoms with van der Waals surface area (Å²) >= 11 is 51.2. The average Bonchev–Trinajstić information content (AvgIpc) is 3.58. The van der Waals surface area contributed by atoms with Gasteiger partial charge in [0.05, 0.1) is 10.0 Å². The van der Waals surface area contributed by atoms with Gasteiger partial charge in [-0.05, 0) is 24.6 Å². The van der Waals surface area contributed by atoms with Crippen molar-refractivity contribution < 1.29 is 0 Å². The number of aromatic nitrogens is 6. The monoisotopic (exact) mass is 716 g/mol. The number of halogens is 8. The zero-order valence-corrected chi connectivity index (χ0v) is 26.7. The van der Waals surface area contributed by atoms with Gasteiger partial charge in [-0.25, -0.2) is 0 Å². The zero-order chi connectivity index (χ0) is 27.0. The fourth-order valence-corrected chi connectivity index (χ4v) is 6.17. The van der Waals surface area contributed by atoms with Crippen LogP contribution in [0.25, 0.3) is 11.4 Å². The second-order valence-corrected chi connectivity index (χ2v) is 14.8. The molecule has 4 rings (SSSR count). The van der Waals surface area contributed by atoms with Crippen molar-refractivity contribution in [3.8, 4) is 11.4 Å². The third-order valence-corrected chi connectivity index (χ3v) is 8.66. The van der Waals surface area contributed by atoms with Crippen molar-refractivity contribution in [2.45, 2.75) is 14.0 Å². The topological polar surface area (TPSA) is 83.8 Å². The highest BCUT2D eigenvalue weighted by Crippen LogP contribution is 2.40. The van der Waals surface area contributed by atoms with Crippen LogP contribution in [0.4, 0.5) is 15.4 Å². The van der Waals surface area contributed by atoms with Crippen LogP contribution in [0.3, 0.4) is 0 Å². The van der Waals surface area contributed by atoms with E-state index in [1.165, 1.54) is 11.5 Å². The average molecular weight is 720 g/mol. The van der Waals surface area contributed by atoms with Crippen LogP contribution in [0.1, 0.15) is 18.1 Å². The van der Waals surface area contributed by atoms with E-state index < -0.39 is 7.59 Å². The maximum atomic E-state index is 6.17. The zero-order valence-electron chi connectivity index (χ0n) is 18.2. The molecule has 0 N–H and O–H groups in total. The molecule has 0 spiro atoms. The Balaban J connectivity index is 1.54. The summed E-state index contributed by atoms with van der Waals surface area (Å²) in [6.45, 7) is 1.09. The molecular formula is C18H12Cl8N8S3. The molecule has 0 fully saturated rings. The number of alkyl halides is 6. The molecule has 4 aromatic rings. The van der Waals surface area contributed by atoms with E-state index in [1.807, 2.05) is 16.8 Å². The Morgan fingerprint density at radius 2 is 1.30 bits per heavy atom. The normalized spacial score (nSPS) is 12.2. The first-order valence-corrected chi connectivity index (χ1v) is 15.3. The molecule has 3 heterocycles. The van der Waals surface area contributed by atoms with Crippen LogP contribution < -0.4 is 9.80 Å². The minimum Gasteiger partial charge on any atom is -0.350 e. The van der Waals surface area contributed by atoms with Gasteiger partial charge in [-0.3, -0.25) is 4.90 Å². The largest absolute Gasteiger partial charge is 0.350 e. The predicted octanol–water partition coefficient (Wildman–Crippen LogP) is 8.53. The fraction of sp³-hybridized carbons (Fsp3) is 0.333. The van der Waals surface area contributed by atoms with Crippen molar-refractivity contribution in [2.24, 2.45) is 0 Å². The Kier molecular flexibility index (Phi) is 9.77. The lowest BCUT2D eigenvalue weighted by molar-refractivity contribution is 0.771. The number of hydrogen-bond acceptors (Lipinski definition) is 11. The summed E-state index contributed by atoms with van der Waals surface area (Å²) in [6.07, 6.45) is 0.656. The van der Waals surface area contributed by atoms with Gasteiger partial charge in [-0.1, -0.05) is 92.8 Å². The van der Waals surface area contributed by atoms with Crippen LogP contribution >= 0.6 is 127 Å². The first-order chi connectivity index (χ1) is 17.3. The van der Waals surface area contributed by atoms with Crippen LogP contribution in [0.5, 0.6) is 0 Å². The van der Waals surface area contributed by atoms with E-state index in [9.17, 15) is 0 Å². The molecule has 0 radical (unpaired) electrons. The molecule has 1 aromatic carbocycles. The maximum absolute atomic E-state index is 6.17. The smallest absolute Gasteiger partial charge is 0.251 e. The van der Waals surface area contributed by atoms with Crippen molar-refractivity contribution in [3.63, 3.8) is 0 Å². The molecule has 0 atom stereocenters. The second kappa shape index (κ2) is 12.1. The lowest BCUT2D eigenvalue weighted by Gasteiger charge is -2.20. The lowest BCUT2D eigenvalue weighted by atomic mass is 10.2. The molecule has 3 aromatic heterocycles. The van der Waals surface area contributed by atoms with Crippen LogP contribution in [-0.2, 0) is 7.59 Å². The number of rotatable bonds is 8. The van der Waals surface area contributed by atoms with Gasteiger partial charge in [-0.15, -0.1) is 0 Å². The quantitative estimate of drug-likeness (QED) is 0.168. The van der Waals surface area contributed by atoms with Crippen molar-refractivity contribution in [3.05, 3.63) is 39.9 Å². The van der Waals surface area contributed by atoms with Gasteiger partial charge in [-0.2, -0.15) is 28.1 Å². The summed E-state index contributed by atoms with van der Waals surface area (Å²) in [4.78, 5) is 17.2. The summed E-state index contributed by atoms with van der Waals surface area (Å²) < 4.78 is 9.33. The van der Waals surface area contributed by atoms with Crippen molar-refractivity contribution in [2.75, 3.05) is 29.9 Å². The van der Waals surface area contributed by atoms with Gasteiger partial charge < -0.3 is 4.90 Å². The highest BCUT2D eigenvalue weighted by atomic mass is 35.6. The summed E-state index contributed by atoms with van der Waals surface area (Å²) in [5.74, 6) is 0.685. The molecule has 8 nitrogen and oxygen atoms in total. The highest BCUT2D eigenvalue weighted by molar-refractivity contribution is 7.12. The van der Waals surface area contributed by atoms with E-state index in [0.717, 1.165) is 28.6 Å². The van der Waals surface area contributed by atoms with E-state index >= 15 is 0 Å². The molecular weight excluding hydrogens is 708 g/mol. The molecule has 19 heteroatoms. The molecule has 0 bridgehead atoms. The molecule has 0 saturated carbocycles. The van der Waals surface area contributed by atoms with E-state index in [0.29, 0.717) is 50.8 Å². The van der Waals surface area contributed by atoms with Crippen LogP contribution in [0, 0.1) is 0 Å². The maximum Gasteiger partial charge on any atom is 0.251 e. The Labute approximate surface area is 263 Å². The molecule has 0 aliphatic heterocycles. The third kappa shape index (κ3) is 7.52. The first-order valence-electron chi connectivity index (χ1n) is 9.92. The SMILES string of the molecule is CN(CCCN(c1nc(-c2ccc(Cl)c(Cl)c2)ns1)c1nc(C(Cl)(Cl)Cl)ns1)c1nc(C(Cl)(Cl)Cl)ns1. The summed E-state index contributed by atoms with van der Waals surface area (Å²) in [5.41, 5.74) is 0.719. The highest BCUT2D eigenvalue weighted by Gasteiger charge is 2.31. The van der Waals surface area contributed by atoms with Gasteiger partial charge in [0.15, 0.2) is 17.5 Å². The number of anilines is 3. The van der Waals surface area contributed by atoms with E-state index in [4.69, 9.17) is 92.8 Å². The standard InChI is InChI=1S/C18H12Cl8N8S3/c1-33(14-28-12(31-35-14)17(21,22)23)5-2-6-34(16-29-13(32-37-16)18(24,25)26)15-27-11(30-36-15)8-3-4-9(19)10(20)7-8/h3-4,7H,2,5-6H2,1H3. The molecule has 0 saturated heterocycles. The van der Waals surface area contributed by atoms with Crippen molar-refractivity contribution in [1.82, 2.24) is 28.1 Å². The number of benzene rings is 1. The van der Waals surface area contributed by atoms with Gasteiger partial charge in [0.25, 0.3) is 7.59 Å². The van der Waals surface area contributed by atoms with Gasteiger partial charge in [0.2, 0.25) is 15.4 Å². The summed E-state index contributed by atoms with van der Waals surface area (Å²) in [7, 11) is 1.87. The number of nitrogens with zero attached hydrogens (tertiary/aromatic N) is 8. The predicted molar refractivity (Wildman–Crippen MR) is 159 cm³/mol. The van der Waals surface area contributed by atoms with Crippen molar-refractivity contribution >= 4 is 143 Å². The Morgan fingerprint density at radius 3 is 1.89 bits per heavy atom. The van der Waals surface area contributed by atoms with Crippen LogP contribution in [0.2, 0.25) is 10.0 Å². The van der Waals surface area contributed by atoms with Crippen LogP contribution in [-0.4, -0.2) is 48.2 Å². The minimum atomic E-state index is -1.76.